The van der Waals surface area contributed by atoms with E-state index in [1.54, 1.807) is 11.4 Å². The zero-order valence-corrected chi connectivity index (χ0v) is 16.2. The number of hydrogen-bond acceptors (Lipinski definition) is 6. The molecular weight excluding hydrogens is 397 g/mol. The summed E-state index contributed by atoms with van der Waals surface area (Å²) in [5, 5.41) is 4.67. The number of fused-ring (bicyclic) bond motifs is 1. The third-order valence-electron chi connectivity index (χ3n) is 4.52. The van der Waals surface area contributed by atoms with Crippen LogP contribution in [0.2, 0.25) is 0 Å². The Bertz CT molecular complexity index is 1170. The SMILES string of the molecule is COc1ccc(-c2csc(NC(=O)c3ccc4c(c3)C(=O)N(C)C4=O)n2)cc1F. The van der Waals surface area contributed by atoms with E-state index in [2.05, 4.69) is 10.3 Å². The molecule has 0 atom stereocenters. The van der Waals surface area contributed by atoms with Crippen LogP contribution in [0.1, 0.15) is 31.1 Å². The Labute approximate surface area is 168 Å². The number of carbonyl (C=O) groups is 3. The van der Waals surface area contributed by atoms with Gasteiger partial charge in [0.1, 0.15) is 0 Å². The van der Waals surface area contributed by atoms with E-state index in [9.17, 15) is 18.8 Å². The number of benzene rings is 2. The van der Waals surface area contributed by atoms with Gasteiger partial charge in [0, 0.05) is 23.6 Å². The lowest BCUT2D eigenvalue weighted by Gasteiger charge is -2.04. The van der Waals surface area contributed by atoms with Crippen molar-refractivity contribution in [2.45, 2.75) is 0 Å². The number of halogens is 1. The smallest absolute Gasteiger partial charge is 0.261 e. The third kappa shape index (κ3) is 3.25. The second-order valence-electron chi connectivity index (χ2n) is 6.27. The number of hydrogen-bond donors (Lipinski definition) is 1. The summed E-state index contributed by atoms with van der Waals surface area (Å²) in [4.78, 5) is 41.9. The summed E-state index contributed by atoms with van der Waals surface area (Å²) in [6.07, 6.45) is 0. The second-order valence-corrected chi connectivity index (χ2v) is 7.13. The Morgan fingerprint density at radius 1 is 1.14 bits per heavy atom. The van der Waals surface area contributed by atoms with Crippen LogP contribution in [0.3, 0.4) is 0 Å². The van der Waals surface area contributed by atoms with Gasteiger partial charge in [0.25, 0.3) is 17.7 Å². The molecule has 0 radical (unpaired) electrons. The van der Waals surface area contributed by atoms with Crippen LogP contribution in [-0.4, -0.2) is 41.8 Å². The van der Waals surface area contributed by atoms with Crippen molar-refractivity contribution in [1.82, 2.24) is 9.88 Å². The summed E-state index contributed by atoms with van der Waals surface area (Å²) < 4.78 is 18.8. The second kappa shape index (κ2) is 7.10. The fourth-order valence-corrected chi connectivity index (χ4v) is 3.68. The predicted octanol–water partition coefficient (Wildman–Crippen LogP) is 3.44. The van der Waals surface area contributed by atoms with E-state index in [0.29, 0.717) is 16.4 Å². The van der Waals surface area contributed by atoms with Crippen LogP contribution in [0.4, 0.5) is 9.52 Å². The minimum Gasteiger partial charge on any atom is -0.494 e. The van der Waals surface area contributed by atoms with Crippen LogP contribution in [0, 0.1) is 5.82 Å². The molecule has 0 saturated heterocycles. The number of rotatable bonds is 4. The fourth-order valence-electron chi connectivity index (χ4n) is 2.96. The molecule has 3 amide bonds. The Morgan fingerprint density at radius 2 is 1.90 bits per heavy atom. The molecule has 2 heterocycles. The van der Waals surface area contributed by atoms with Gasteiger partial charge in [-0.05, 0) is 36.4 Å². The summed E-state index contributed by atoms with van der Waals surface area (Å²) in [6.45, 7) is 0. The maximum absolute atomic E-state index is 13.9. The summed E-state index contributed by atoms with van der Waals surface area (Å²) in [5.74, 6) is -1.69. The molecule has 29 heavy (non-hydrogen) atoms. The highest BCUT2D eigenvalue weighted by atomic mass is 32.1. The van der Waals surface area contributed by atoms with Gasteiger partial charge in [0.05, 0.1) is 23.9 Å². The molecule has 2 aromatic carbocycles. The largest absolute Gasteiger partial charge is 0.494 e. The molecule has 0 saturated carbocycles. The lowest BCUT2D eigenvalue weighted by molar-refractivity contribution is 0.0693. The first-order valence-electron chi connectivity index (χ1n) is 8.46. The number of nitrogens with zero attached hydrogens (tertiary/aromatic N) is 2. The average molecular weight is 411 g/mol. The fraction of sp³-hybridized carbons (Fsp3) is 0.100. The molecule has 1 aliphatic heterocycles. The van der Waals surface area contributed by atoms with E-state index >= 15 is 0 Å². The summed E-state index contributed by atoms with van der Waals surface area (Å²) in [6, 6.07) is 8.80. The first kappa shape index (κ1) is 18.8. The minimum absolute atomic E-state index is 0.132. The van der Waals surface area contributed by atoms with Crippen molar-refractivity contribution < 1.29 is 23.5 Å². The lowest BCUT2D eigenvalue weighted by Crippen LogP contribution is -2.24. The van der Waals surface area contributed by atoms with Gasteiger partial charge in [-0.15, -0.1) is 11.3 Å². The quantitative estimate of drug-likeness (QED) is 0.665. The number of amides is 3. The van der Waals surface area contributed by atoms with Gasteiger partial charge in [0.15, 0.2) is 16.7 Å². The van der Waals surface area contributed by atoms with Crippen LogP contribution >= 0.6 is 11.3 Å². The minimum atomic E-state index is -0.508. The number of ether oxygens (including phenoxy) is 1. The van der Waals surface area contributed by atoms with Crippen LogP contribution in [0.5, 0.6) is 5.75 Å². The number of methoxy groups -OCH3 is 1. The third-order valence-corrected chi connectivity index (χ3v) is 5.28. The number of aromatic nitrogens is 1. The Morgan fingerprint density at radius 3 is 2.62 bits per heavy atom. The molecule has 146 valence electrons. The topological polar surface area (TPSA) is 88.6 Å². The normalized spacial score (nSPS) is 12.9. The lowest BCUT2D eigenvalue weighted by atomic mass is 10.1. The average Bonchev–Trinajstić information content (AvgIpc) is 3.27. The Balaban J connectivity index is 1.54. The number of nitrogens with one attached hydrogen (secondary N) is 1. The highest BCUT2D eigenvalue weighted by Gasteiger charge is 2.33. The van der Waals surface area contributed by atoms with Gasteiger partial charge >= 0.3 is 0 Å². The van der Waals surface area contributed by atoms with E-state index in [4.69, 9.17) is 4.74 Å². The van der Waals surface area contributed by atoms with Crippen molar-refractivity contribution in [1.29, 1.82) is 0 Å². The molecule has 1 N–H and O–H groups in total. The van der Waals surface area contributed by atoms with Gasteiger partial charge in [0.2, 0.25) is 0 Å². The van der Waals surface area contributed by atoms with Gasteiger partial charge in [-0.1, -0.05) is 0 Å². The maximum atomic E-state index is 13.9. The molecular formula is C20H14FN3O4S. The molecule has 3 aromatic rings. The number of thiazole rings is 1. The molecule has 0 aliphatic carbocycles. The number of imide groups is 1. The molecule has 9 heteroatoms. The zero-order valence-electron chi connectivity index (χ0n) is 15.4. The van der Waals surface area contributed by atoms with E-state index < -0.39 is 23.5 Å². The van der Waals surface area contributed by atoms with E-state index in [-0.39, 0.29) is 22.4 Å². The van der Waals surface area contributed by atoms with Crippen LogP contribution in [0.15, 0.2) is 41.8 Å². The van der Waals surface area contributed by atoms with E-state index in [1.807, 2.05) is 0 Å². The molecule has 0 spiro atoms. The van der Waals surface area contributed by atoms with Crippen molar-refractivity contribution >= 4 is 34.2 Å². The van der Waals surface area contributed by atoms with Crippen LogP contribution in [-0.2, 0) is 0 Å². The van der Waals surface area contributed by atoms with Crippen molar-refractivity contribution in [2.24, 2.45) is 0 Å². The Hall–Kier alpha value is -3.59. The van der Waals surface area contributed by atoms with Crippen LogP contribution < -0.4 is 10.1 Å². The standard InChI is InChI=1S/C20H14FN3O4S/c1-24-18(26)12-5-3-11(7-13(12)19(24)27)17(25)23-20-22-15(9-29-20)10-4-6-16(28-2)14(21)8-10/h3-9H,1-2H3,(H,22,23,25). The zero-order chi connectivity index (χ0) is 20.7. The summed E-state index contributed by atoms with van der Waals surface area (Å²) in [7, 11) is 2.78. The highest BCUT2D eigenvalue weighted by molar-refractivity contribution is 7.14. The first-order valence-corrected chi connectivity index (χ1v) is 9.34. The van der Waals surface area contributed by atoms with Crippen molar-refractivity contribution in [3.8, 4) is 17.0 Å². The van der Waals surface area contributed by atoms with Gasteiger partial charge < -0.3 is 4.74 Å². The van der Waals surface area contributed by atoms with Gasteiger partial charge in [-0.25, -0.2) is 9.37 Å². The summed E-state index contributed by atoms with van der Waals surface area (Å²) in [5.41, 5.74) is 1.74. The Kier molecular flexibility index (Phi) is 4.59. The van der Waals surface area contributed by atoms with Gasteiger partial charge in [-0.3, -0.25) is 24.6 Å². The van der Waals surface area contributed by atoms with Crippen molar-refractivity contribution in [3.63, 3.8) is 0 Å². The number of anilines is 1. The maximum Gasteiger partial charge on any atom is 0.261 e. The molecule has 1 aliphatic rings. The molecule has 1 aromatic heterocycles. The number of carbonyl (C=O) groups excluding carboxylic acids is 3. The predicted molar refractivity (Wildman–Crippen MR) is 105 cm³/mol. The molecule has 0 bridgehead atoms. The highest BCUT2D eigenvalue weighted by Crippen LogP contribution is 2.29. The van der Waals surface area contributed by atoms with Gasteiger partial charge in [-0.2, -0.15) is 0 Å². The van der Waals surface area contributed by atoms with Crippen LogP contribution in [0.25, 0.3) is 11.3 Å². The molecule has 7 nitrogen and oxygen atoms in total. The first-order chi connectivity index (χ1) is 13.9. The van der Waals surface area contributed by atoms with Crippen molar-refractivity contribution in [3.05, 3.63) is 64.3 Å². The van der Waals surface area contributed by atoms with Crippen molar-refractivity contribution in [2.75, 3.05) is 19.5 Å². The van der Waals surface area contributed by atoms with E-state index in [1.165, 1.54) is 55.8 Å². The molecule has 0 unspecified atom stereocenters. The summed E-state index contributed by atoms with van der Waals surface area (Å²) >= 11 is 1.18. The molecule has 0 fully saturated rings. The van der Waals surface area contributed by atoms with E-state index in [0.717, 1.165) is 4.90 Å². The molecule has 4 rings (SSSR count). The monoisotopic (exact) mass is 411 g/mol.